The van der Waals surface area contributed by atoms with Gasteiger partial charge in [-0.3, -0.25) is 47.9 Å². The summed E-state index contributed by atoms with van der Waals surface area (Å²) < 4.78 is 17.9. The zero-order chi connectivity index (χ0) is 81.6. The van der Waals surface area contributed by atoms with Gasteiger partial charge in [-0.25, -0.2) is 4.79 Å². The number of ether oxygens (including phenoxy) is 3. The maximum atomic E-state index is 15.3. The first-order valence-electron chi connectivity index (χ1n) is 38.5. The summed E-state index contributed by atoms with van der Waals surface area (Å²) in [6, 6.07) is 8.11. The molecule has 19 atom stereocenters. The molecule has 2 aromatic rings. The fourth-order valence-electron chi connectivity index (χ4n) is 17.6. The van der Waals surface area contributed by atoms with E-state index in [1.165, 1.54) is 81.6 Å². The van der Waals surface area contributed by atoms with Gasteiger partial charge in [-0.05, 0) is 106 Å². The van der Waals surface area contributed by atoms with Gasteiger partial charge in [-0.1, -0.05) is 163 Å². The molecule has 5 aliphatic rings. The number of ketones is 1. The third-order valence-electron chi connectivity index (χ3n) is 23.8. The fraction of sp³-hybridized carbons (Fsp3) is 0.695. The quantitative estimate of drug-likeness (QED) is 0.0807. The molecule has 7 rings (SSSR count). The maximum Gasteiger partial charge on any atom is 0.332 e. The molecular formula is C82H126N8O18. The van der Waals surface area contributed by atoms with Crippen LogP contribution in [0.1, 0.15) is 187 Å². The Kier molecular flexibility index (Phi) is 29.4. The van der Waals surface area contributed by atoms with Gasteiger partial charge in [-0.15, -0.1) is 6.58 Å². The Hall–Kier alpha value is -7.65. The van der Waals surface area contributed by atoms with Crippen molar-refractivity contribution in [3.63, 3.8) is 0 Å². The van der Waals surface area contributed by atoms with E-state index in [0.717, 1.165) is 10.5 Å². The monoisotopic (exact) mass is 1510 g/mol. The molecule has 0 unspecified atom stereocenters. The van der Waals surface area contributed by atoms with Crippen LogP contribution in [0.15, 0.2) is 73.3 Å². The minimum atomic E-state index is -2.18. The van der Waals surface area contributed by atoms with Gasteiger partial charge >= 0.3 is 11.9 Å². The van der Waals surface area contributed by atoms with Gasteiger partial charge in [0.15, 0.2) is 29.6 Å². The summed E-state index contributed by atoms with van der Waals surface area (Å²) in [5, 5.41) is 55.2. The first kappa shape index (κ1) is 89.2. The Morgan fingerprint density at radius 2 is 1.19 bits per heavy atom. The summed E-state index contributed by atoms with van der Waals surface area (Å²) in [5.74, 6) is -10.5. The number of hydrogen-bond acceptors (Lipinski definition) is 18. The zero-order valence-electron chi connectivity index (χ0n) is 68.0. The van der Waals surface area contributed by atoms with Crippen LogP contribution in [0.3, 0.4) is 0 Å². The highest BCUT2D eigenvalue weighted by Gasteiger charge is 2.81. The van der Waals surface area contributed by atoms with E-state index < -0.39 is 201 Å². The number of hydrogen-bond donors (Lipinski definition) is 7. The molecule has 26 heteroatoms. The number of carbonyl (C=O) groups excluding carboxylic acids is 11. The van der Waals surface area contributed by atoms with Crippen molar-refractivity contribution < 1.29 is 87.4 Å². The normalized spacial score (nSPS) is 33.2. The molecule has 2 aliphatic carbocycles. The van der Waals surface area contributed by atoms with E-state index in [9.17, 15) is 63.6 Å². The van der Waals surface area contributed by atoms with Crippen LogP contribution in [-0.4, -0.2) is 240 Å². The molecule has 0 spiro atoms. The van der Waals surface area contributed by atoms with Crippen molar-refractivity contribution >= 4 is 65.0 Å². The number of Topliss-reactive ketones (excluding diaryl/α,β-unsaturated/α-hetero) is 1. The van der Waals surface area contributed by atoms with Gasteiger partial charge < -0.3 is 75.1 Å². The molecule has 0 radical (unpaired) electrons. The van der Waals surface area contributed by atoms with E-state index in [2.05, 4.69) is 22.5 Å². The highest BCUT2D eigenvalue weighted by molar-refractivity contribution is 5.99. The van der Waals surface area contributed by atoms with Crippen molar-refractivity contribution in [2.75, 3.05) is 34.7 Å². The van der Waals surface area contributed by atoms with E-state index >= 15 is 9.59 Å². The predicted octanol–water partition coefficient (Wildman–Crippen LogP) is 5.89. The van der Waals surface area contributed by atoms with E-state index in [0.29, 0.717) is 37.7 Å². The standard InChI is InChI=1S/C60H92N8O11.C22H34O7/c1-17-38(9)46-57(75)65(14)47(36(5)6)52(70)61-42(32-35(3)4)55(73)67(16)50(60(11,12)78)59(77)79-49(39(10)18-2)58(76)66(15)48(37(7)8)53(71)62-43(33-40-26-21-19-22-27-40)54(72)64(13)45(34-41-28-23-20-24-29-41)56(74)68-31-25-30-44(68)51(69)63-46;1-8-19(5)11-14(25)22(27)20(6)13(24)9-10-18(3,4)16(20)15(26)17(28-12(2)23)21(22,7)29-19/h19-24,26-29,35-39,42-50,78H,17-18,25,30-34H2,1-16H3,(H,61,70)(H,62,71)(H,63,69);8,13,15-17,24,26-27H,1,9-11H2,2-7H3/t38-,39+,42-,43-,44-,45-,46-,47-,48-,49+,50-;13-,15-,16-,17-,19-,20-,21+,22-/m00/s1. The molecule has 7 N–H and O–H groups in total. The molecule has 108 heavy (non-hydrogen) atoms. The number of aliphatic hydroxyl groups is 4. The van der Waals surface area contributed by atoms with Crippen molar-refractivity contribution in [3.8, 4) is 0 Å². The number of carbonyl (C=O) groups is 11. The van der Waals surface area contributed by atoms with Crippen molar-refractivity contribution in [1.29, 1.82) is 0 Å². The van der Waals surface area contributed by atoms with E-state index in [4.69, 9.17) is 14.2 Å². The van der Waals surface area contributed by atoms with Gasteiger partial charge in [0.25, 0.3) is 5.91 Å². The third kappa shape index (κ3) is 18.5. The molecule has 2 aromatic carbocycles. The number of esters is 2. The smallest absolute Gasteiger partial charge is 0.332 e. The van der Waals surface area contributed by atoms with E-state index in [-0.39, 0.29) is 44.6 Å². The topological polar surface area (TPSA) is 349 Å². The third-order valence-corrected chi connectivity index (χ3v) is 23.8. The molecule has 2 saturated carbocycles. The molecule has 26 nitrogen and oxygen atoms in total. The number of cyclic esters (lactones) is 1. The zero-order valence-corrected chi connectivity index (χ0v) is 68.0. The van der Waals surface area contributed by atoms with Crippen molar-refractivity contribution in [2.24, 2.45) is 46.3 Å². The molecular weight excluding hydrogens is 1380 g/mol. The van der Waals surface area contributed by atoms with E-state index in [1.54, 1.807) is 86.6 Å². The average molecular weight is 1510 g/mol. The number of amides is 8. The van der Waals surface area contributed by atoms with Crippen molar-refractivity contribution in [2.45, 2.75) is 284 Å². The Labute approximate surface area is 639 Å². The second-order valence-electron chi connectivity index (χ2n) is 34.0. The molecule has 3 saturated heterocycles. The Morgan fingerprint density at radius 1 is 0.676 bits per heavy atom. The van der Waals surface area contributed by atoms with Crippen LogP contribution >= 0.6 is 0 Å². The lowest BCUT2D eigenvalue weighted by molar-refractivity contribution is -0.370. The predicted molar refractivity (Wildman–Crippen MR) is 406 cm³/mol. The Bertz CT molecular complexity index is 3570. The summed E-state index contributed by atoms with van der Waals surface area (Å²) in [6.45, 7) is 34.3. The summed E-state index contributed by atoms with van der Waals surface area (Å²) in [7, 11) is 5.67. The molecule has 3 aliphatic heterocycles. The summed E-state index contributed by atoms with van der Waals surface area (Å²) >= 11 is 0. The van der Waals surface area contributed by atoms with Crippen LogP contribution in [0.4, 0.5) is 0 Å². The van der Waals surface area contributed by atoms with Gasteiger partial charge in [0, 0.05) is 78.2 Å². The minimum absolute atomic E-state index is 0.00676. The molecule has 3 heterocycles. The molecule has 0 aromatic heterocycles. The van der Waals surface area contributed by atoms with E-state index in [1.807, 2.05) is 71.0 Å². The Morgan fingerprint density at radius 3 is 1.68 bits per heavy atom. The first-order chi connectivity index (χ1) is 50.1. The van der Waals surface area contributed by atoms with Crippen molar-refractivity contribution in [3.05, 3.63) is 84.4 Å². The number of nitrogens with one attached hydrogen (secondary N) is 3. The average Bonchev–Trinajstić information content (AvgIpc) is 0.661. The minimum Gasteiger partial charge on any atom is -0.457 e. The van der Waals surface area contributed by atoms with Crippen LogP contribution in [-0.2, 0) is 79.8 Å². The molecule has 602 valence electrons. The number of likely N-dealkylation sites (N-methyl/N-ethyl adjacent to an activating group) is 4. The van der Waals surface area contributed by atoms with Crippen LogP contribution in [0, 0.1) is 46.3 Å². The second-order valence-corrected chi connectivity index (χ2v) is 34.0. The van der Waals surface area contributed by atoms with Crippen LogP contribution in [0.25, 0.3) is 0 Å². The van der Waals surface area contributed by atoms with Gasteiger partial charge in [0.1, 0.15) is 47.9 Å². The number of rotatable bonds is 15. The summed E-state index contributed by atoms with van der Waals surface area (Å²) in [6.07, 6.45) is -1.19. The highest BCUT2D eigenvalue weighted by atomic mass is 16.6. The highest BCUT2D eigenvalue weighted by Crippen LogP contribution is 2.67. The molecule has 5 fully saturated rings. The van der Waals surface area contributed by atoms with Crippen LogP contribution < -0.4 is 16.0 Å². The van der Waals surface area contributed by atoms with Crippen LogP contribution in [0.2, 0.25) is 0 Å². The van der Waals surface area contributed by atoms with Crippen LogP contribution in [0.5, 0.6) is 0 Å². The number of fused-ring (bicyclic) bond motifs is 4. The summed E-state index contributed by atoms with van der Waals surface area (Å²) in [5.41, 5.74) is -7.56. The number of nitrogens with zero attached hydrogens (tertiary/aromatic N) is 5. The van der Waals surface area contributed by atoms with Gasteiger partial charge in [-0.2, -0.15) is 0 Å². The SMILES string of the molecule is C=C[C@@]1(C)CC(=O)[C@]2(O)[C@@]3(C)[C@@H](O)CCC(C)(C)[C@@H]3[C@H](O)[C@H](OC(C)=O)[C@@]2(C)O1.CC[C@@H](C)[C@H]1OC(=O)[C@@H](C(C)(C)O)N(C)C(=O)[C@H](CC(C)C)NC(=O)[C@H](C(C)C)N(C)C(=O)[C@H]([C@@H](C)CC)NC(=O)[C@@H]2CCCN2C(=O)[C@H](Cc2ccccc2)N(C)C(=O)[C@H](Cc2ccccc2)NC(=O)[C@H](C(C)C)N(C)C1=O. The lowest BCUT2D eigenvalue weighted by atomic mass is 9.40. The largest absolute Gasteiger partial charge is 0.457 e. The maximum absolute atomic E-state index is 15.3. The molecule has 0 bridgehead atoms. The number of benzene rings is 2. The Balaban J connectivity index is 0.000000520. The lowest BCUT2D eigenvalue weighted by Crippen LogP contribution is -2.86. The fourth-order valence-corrected chi connectivity index (χ4v) is 17.6. The first-order valence-corrected chi connectivity index (χ1v) is 38.5. The number of aliphatic hydroxyl groups excluding tert-OH is 2. The summed E-state index contributed by atoms with van der Waals surface area (Å²) in [4.78, 5) is 166. The van der Waals surface area contributed by atoms with Gasteiger partial charge in [0.2, 0.25) is 41.4 Å². The van der Waals surface area contributed by atoms with Crippen molar-refractivity contribution in [1.82, 2.24) is 40.4 Å². The van der Waals surface area contributed by atoms with Gasteiger partial charge in [0.05, 0.1) is 23.4 Å². The second kappa shape index (κ2) is 35.6. The lowest BCUT2D eigenvalue weighted by Gasteiger charge is -2.71. The molecule has 8 amide bonds.